The van der Waals surface area contributed by atoms with Crippen LogP contribution in [0.5, 0.6) is 0 Å². The average molecular weight is 222 g/mol. The molecule has 0 bridgehead atoms. The van der Waals surface area contributed by atoms with E-state index in [1.807, 2.05) is 0 Å². The Bertz CT molecular complexity index is 69.4. The van der Waals surface area contributed by atoms with Gasteiger partial charge in [-0.3, -0.25) is 0 Å². The predicted octanol–water partition coefficient (Wildman–Crippen LogP) is 0.405. The summed E-state index contributed by atoms with van der Waals surface area (Å²) in [6, 6.07) is 0. The monoisotopic (exact) mass is 221 g/mol. The molecule has 1 rings (SSSR count). The average Bonchev–Trinajstić information content (AvgIpc) is 1.76. The molecule has 1 N–H and O–H groups in total. The molecule has 1 aromatic heterocycles. The summed E-state index contributed by atoms with van der Waals surface area (Å²) >= 11 is 0. The van der Waals surface area contributed by atoms with Crippen molar-refractivity contribution >= 4 is 0 Å². The summed E-state index contributed by atoms with van der Waals surface area (Å²) in [5.41, 5.74) is 0. The molecule has 31 valence electrons. The van der Waals surface area contributed by atoms with E-state index in [2.05, 4.69) is 9.97 Å². The first-order valence-electron chi connectivity index (χ1n) is 1.43. The molecule has 0 unspecified atom stereocenters. The van der Waals surface area contributed by atoms with Crippen LogP contribution < -0.4 is 0 Å². The summed E-state index contributed by atoms with van der Waals surface area (Å²) in [4.78, 5) is 6.42. The van der Waals surface area contributed by atoms with E-state index in [1.54, 1.807) is 18.7 Å². The maximum absolute atomic E-state index is 3.67. The summed E-state index contributed by atoms with van der Waals surface area (Å²) in [5, 5.41) is 0. The SMILES string of the molecule is [Y].[Zn].c1c[nH]cn1. The Balaban J connectivity index is 0. The van der Waals surface area contributed by atoms with Crippen LogP contribution in [-0.2, 0) is 52.2 Å². The molecule has 4 heteroatoms. The molecule has 0 fully saturated rings. The summed E-state index contributed by atoms with van der Waals surface area (Å²) in [6.07, 6.45) is 5.08. The number of aromatic nitrogens is 2. The third-order valence-electron chi connectivity index (χ3n) is 0.406. The van der Waals surface area contributed by atoms with Gasteiger partial charge in [0.05, 0.1) is 6.33 Å². The van der Waals surface area contributed by atoms with Gasteiger partial charge in [0.2, 0.25) is 0 Å². The van der Waals surface area contributed by atoms with Crippen molar-refractivity contribution < 1.29 is 52.2 Å². The van der Waals surface area contributed by atoms with Crippen molar-refractivity contribution in [3.63, 3.8) is 0 Å². The Labute approximate surface area is 80.1 Å². The third kappa shape index (κ3) is 4.80. The number of nitrogens with zero attached hydrogens (tertiary/aromatic N) is 1. The molecule has 1 radical (unpaired) electrons. The van der Waals surface area contributed by atoms with Gasteiger partial charge in [-0.1, -0.05) is 0 Å². The fourth-order valence-corrected chi connectivity index (χ4v) is 0.215. The fourth-order valence-electron chi connectivity index (χ4n) is 0.215. The fraction of sp³-hybridized carbons (Fsp3) is 0. The van der Waals surface area contributed by atoms with Gasteiger partial charge in [-0.2, -0.15) is 0 Å². The minimum Gasteiger partial charge on any atom is -0.351 e. The van der Waals surface area contributed by atoms with Gasteiger partial charge in [0.15, 0.2) is 0 Å². The summed E-state index contributed by atoms with van der Waals surface area (Å²) in [6.45, 7) is 0. The number of hydrogen-bond donors (Lipinski definition) is 1. The minimum absolute atomic E-state index is 0. The van der Waals surface area contributed by atoms with Gasteiger partial charge in [-0.25, -0.2) is 4.98 Å². The van der Waals surface area contributed by atoms with Crippen molar-refractivity contribution in [2.75, 3.05) is 0 Å². The number of hydrogen-bond acceptors (Lipinski definition) is 1. The van der Waals surface area contributed by atoms with Crippen molar-refractivity contribution in [3.05, 3.63) is 18.7 Å². The van der Waals surface area contributed by atoms with Gasteiger partial charge in [-0.05, 0) is 0 Å². The zero-order chi connectivity index (χ0) is 3.54. The molecule has 0 amide bonds. The normalized spacial score (nSPS) is 5.71. The van der Waals surface area contributed by atoms with E-state index in [4.69, 9.17) is 0 Å². The number of rotatable bonds is 0. The van der Waals surface area contributed by atoms with Crippen LogP contribution in [0.2, 0.25) is 0 Å². The largest absolute Gasteiger partial charge is 0.351 e. The summed E-state index contributed by atoms with van der Waals surface area (Å²) < 4.78 is 0. The van der Waals surface area contributed by atoms with Crippen LogP contribution in [0.25, 0.3) is 0 Å². The molecule has 0 aliphatic rings. The van der Waals surface area contributed by atoms with Crippen LogP contribution in [0.3, 0.4) is 0 Å². The molecule has 1 aromatic rings. The second-order valence-electron chi connectivity index (χ2n) is 0.761. The van der Waals surface area contributed by atoms with Crippen LogP contribution in [0, 0.1) is 0 Å². The predicted molar refractivity (Wildman–Crippen MR) is 18.6 cm³/mol. The number of nitrogens with one attached hydrogen (secondary N) is 1. The van der Waals surface area contributed by atoms with Crippen molar-refractivity contribution in [1.82, 2.24) is 9.97 Å². The van der Waals surface area contributed by atoms with Gasteiger partial charge < -0.3 is 4.98 Å². The molecule has 1 heterocycles. The molecular weight excluding hydrogens is 218 g/mol. The standard InChI is InChI=1S/C3H4N2.Y.Zn/c1-2-5-3-4-1;;/h1-3H,(H,4,5);;. The quantitative estimate of drug-likeness (QED) is 0.633. The first-order chi connectivity index (χ1) is 2.50. The summed E-state index contributed by atoms with van der Waals surface area (Å²) in [7, 11) is 0. The Kier molecular flexibility index (Phi) is 10.7. The summed E-state index contributed by atoms with van der Waals surface area (Å²) in [5.74, 6) is 0. The molecule has 0 aliphatic carbocycles. The molecular formula is C3H4N2YZn. The van der Waals surface area contributed by atoms with Gasteiger partial charge in [0, 0.05) is 64.6 Å². The second-order valence-corrected chi connectivity index (χ2v) is 0.761. The van der Waals surface area contributed by atoms with Crippen LogP contribution in [0.1, 0.15) is 0 Å². The first-order valence-corrected chi connectivity index (χ1v) is 1.43. The molecule has 0 atom stereocenters. The molecule has 7 heavy (non-hydrogen) atoms. The number of imidazole rings is 1. The molecule has 0 saturated heterocycles. The third-order valence-corrected chi connectivity index (χ3v) is 0.406. The van der Waals surface area contributed by atoms with E-state index in [1.165, 1.54) is 0 Å². The first kappa shape index (κ1) is 10.8. The van der Waals surface area contributed by atoms with Crippen molar-refractivity contribution in [3.8, 4) is 0 Å². The maximum atomic E-state index is 3.67. The zero-order valence-corrected chi connectivity index (χ0v) is 9.77. The van der Waals surface area contributed by atoms with E-state index < -0.39 is 0 Å². The topological polar surface area (TPSA) is 28.7 Å². The molecule has 0 saturated carbocycles. The minimum atomic E-state index is 0. The van der Waals surface area contributed by atoms with Crippen molar-refractivity contribution in [2.45, 2.75) is 0 Å². The zero-order valence-electron chi connectivity index (χ0n) is 3.96. The van der Waals surface area contributed by atoms with E-state index in [-0.39, 0.29) is 52.2 Å². The Morgan fingerprint density at radius 1 is 1.43 bits per heavy atom. The Morgan fingerprint density at radius 3 is 2.29 bits per heavy atom. The molecule has 0 spiro atoms. The second kappa shape index (κ2) is 6.94. The van der Waals surface area contributed by atoms with Crippen molar-refractivity contribution in [2.24, 2.45) is 0 Å². The van der Waals surface area contributed by atoms with Gasteiger partial charge in [-0.15, -0.1) is 0 Å². The van der Waals surface area contributed by atoms with Crippen LogP contribution in [-0.4, -0.2) is 9.97 Å². The van der Waals surface area contributed by atoms with Gasteiger partial charge in [0.1, 0.15) is 0 Å². The molecule has 2 nitrogen and oxygen atoms in total. The Morgan fingerprint density at radius 2 is 2.14 bits per heavy atom. The van der Waals surface area contributed by atoms with Crippen LogP contribution >= 0.6 is 0 Å². The van der Waals surface area contributed by atoms with Crippen LogP contribution in [0.4, 0.5) is 0 Å². The van der Waals surface area contributed by atoms with Crippen molar-refractivity contribution in [1.29, 1.82) is 0 Å². The number of aromatic amines is 1. The van der Waals surface area contributed by atoms with E-state index in [9.17, 15) is 0 Å². The van der Waals surface area contributed by atoms with E-state index in [0.717, 1.165) is 0 Å². The van der Waals surface area contributed by atoms with Crippen LogP contribution in [0.15, 0.2) is 18.7 Å². The maximum Gasteiger partial charge on any atom is 0.0919 e. The van der Waals surface area contributed by atoms with E-state index in [0.29, 0.717) is 0 Å². The Hall–Kier alpha value is 0.937. The number of H-pyrrole nitrogens is 1. The molecule has 0 aromatic carbocycles. The molecule has 0 aliphatic heterocycles. The smallest absolute Gasteiger partial charge is 0.0919 e. The van der Waals surface area contributed by atoms with Gasteiger partial charge >= 0.3 is 0 Å². The van der Waals surface area contributed by atoms with E-state index >= 15 is 0 Å². The van der Waals surface area contributed by atoms with Gasteiger partial charge in [0.25, 0.3) is 0 Å².